The van der Waals surface area contributed by atoms with Crippen molar-refractivity contribution in [1.29, 1.82) is 5.26 Å². The van der Waals surface area contributed by atoms with Crippen molar-refractivity contribution >= 4 is 0 Å². The van der Waals surface area contributed by atoms with Crippen molar-refractivity contribution in [2.24, 2.45) is 0 Å². The van der Waals surface area contributed by atoms with Crippen LogP contribution in [0.2, 0.25) is 0 Å². The first kappa shape index (κ1) is 17.5. The predicted octanol–water partition coefficient (Wildman–Crippen LogP) is 3.34. The summed E-state index contributed by atoms with van der Waals surface area (Å²) in [5, 5.41) is 29.0. The van der Waals surface area contributed by atoms with E-state index < -0.39 is 11.7 Å². The molecule has 0 bridgehead atoms. The number of nitrogens with zero attached hydrogens (tertiary/aromatic N) is 1. The molecular weight excluding hydrogens is 266 g/mol. The molecule has 0 aliphatic carbocycles. The molecule has 0 aromatic heterocycles. The summed E-state index contributed by atoms with van der Waals surface area (Å²) >= 11 is 0. The number of aliphatic hydroxyl groups excluding tert-OH is 1. The van der Waals surface area contributed by atoms with Gasteiger partial charge >= 0.3 is 0 Å². The van der Waals surface area contributed by atoms with Gasteiger partial charge in [0.1, 0.15) is 12.4 Å². The summed E-state index contributed by atoms with van der Waals surface area (Å²) in [6.07, 6.45) is 2.47. The highest BCUT2D eigenvalue weighted by Crippen LogP contribution is 2.24. The van der Waals surface area contributed by atoms with Crippen LogP contribution in [0.4, 0.5) is 0 Å². The standard InChI is InChI=1S/C17H25NO3/c1-3-9-17(20,10-4-2)13-21-15-7-5-6-14(12-15)16(19)8-11-18/h5-7,12,16,19-20H,3-4,8-10,13H2,1-2H3. The molecule has 0 aliphatic rings. The molecular formula is C17H25NO3. The minimum Gasteiger partial charge on any atom is -0.491 e. The van der Waals surface area contributed by atoms with E-state index in [1.807, 2.05) is 19.9 Å². The Kier molecular flexibility index (Phi) is 7.21. The van der Waals surface area contributed by atoms with Crippen LogP contribution < -0.4 is 4.74 Å². The first-order valence-electron chi connectivity index (χ1n) is 7.54. The molecule has 4 nitrogen and oxygen atoms in total. The zero-order valence-corrected chi connectivity index (χ0v) is 12.9. The van der Waals surface area contributed by atoms with Crippen LogP contribution in [0.15, 0.2) is 24.3 Å². The third kappa shape index (κ3) is 5.74. The summed E-state index contributed by atoms with van der Waals surface area (Å²) in [5.41, 5.74) is -0.145. The molecule has 1 unspecified atom stereocenters. The van der Waals surface area contributed by atoms with Gasteiger partial charge in [-0.2, -0.15) is 5.26 Å². The zero-order chi connectivity index (χ0) is 15.7. The lowest BCUT2D eigenvalue weighted by Crippen LogP contribution is -2.35. The van der Waals surface area contributed by atoms with Crippen molar-refractivity contribution in [1.82, 2.24) is 0 Å². The quantitative estimate of drug-likeness (QED) is 0.732. The summed E-state index contributed by atoms with van der Waals surface area (Å²) in [6.45, 7) is 4.32. The Morgan fingerprint density at radius 3 is 2.52 bits per heavy atom. The molecule has 2 N–H and O–H groups in total. The molecule has 0 radical (unpaired) electrons. The molecule has 0 spiro atoms. The molecule has 116 valence electrons. The Labute approximate surface area is 127 Å². The summed E-state index contributed by atoms with van der Waals surface area (Å²) in [5.74, 6) is 0.607. The highest BCUT2D eigenvalue weighted by molar-refractivity contribution is 5.30. The number of rotatable bonds is 9. The molecule has 21 heavy (non-hydrogen) atoms. The molecule has 0 saturated heterocycles. The summed E-state index contributed by atoms with van der Waals surface area (Å²) in [6, 6.07) is 9.00. The first-order valence-corrected chi connectivity index (χ1v) is 7.54. The summed E-state index contributed by atoms with van der Waals surface area (Å²) < 4.78 is 5.70. The van der Waals surface area contributed by atoms with Gasteiger partial charge in [-0.3, -0.25) is 0 Å². The molecule has 0 heterocycles. The first-order chi connectivity index (χ1) is 10.0. The Bertz CT molecular complexity index is 461. The topological polar surface area (TPSA) is 73.5 Å². The third-order valence-corrected chi connectivity index (χ3v) is 3.47. The maximum atomic E-state index is 10.5. The molecule has 1 aromatic carbocycles. The monoisotopic (exact) mass is 291 g/mol. The molecule has 1 rings (SSSR count). The van der Waals surface area contributed by atoms with Crippen molar-refractivity contribution in [3.63, 3.8) is 0 Å². The van der Waals surface area contributed by atoms with Crippen LogP contribution in [-0.4, -0.2) is 22.4 Å². The van der Waals surface area contributed by atoms with Crippen LogP contribution in [0, 0.1) is 11.3 Å². The van der Waals surface area contributed by atoms with Gasteiger partial charge in [-0.25, -0.2) is 0 Å². The Morgan fingerprint density at radius 1 is 1.29 bits per heavy atom. The Hall–Kier alpha value is -1.57. The van der Waals surface area contributed by atoms with E-state index in [9.17, 15) is 10.2 Å². The number of benzene rings is 1. The lowest BCUT2D eigenvalue weighted by Gasteiger charge is -2.27. The van der Waals surface area contributed by atoms with Gasteiger partial charge < -0.3 is 14.9 Å². The van der Waals surface area contributed by atoms with E-state index in [4.69, 9.17) is 10.00 Å². The summed E-state index contributed by atoms with van der Waals surface area (Å²) in [4.78, 5) is 0. The highest BCUT2D eigenvalue weighted by atomic mass is 16.5. The van der Waals surface area contributed by atoms with E-state index in [2.05, 4.69) is 0 Å². The second-order valence-corrected chi connectivity index (χ2v) is 5.46. The maximum Gasteiger partial charge on any atom is 0.119 e. The molecule has 1 aromatic rings. The van der Waals surface area contributed by atoms with Gasteiger partial charge in [0.25, 0.3) is 0 Å². The van der Waals surface area contributed by atoms with Gasteiger partial charge in [-0.1, -0.05) is 38.8 Å². The average molecular weight is 291 g/mol. The minimum absolute atomic E-state index is 0.0546. The van der Waals surface area contributed by atoms with Gasteiger partial charge in [0, 0.05) is 0 Å². The number of hydrogen-bond donors (Lipinski definition) is 2. The number of aliphatic hydroxyl groups is 2. The fourth-order valence-corrected chi connectivity index (χ4v) is 2.43. The van der Waals surface area contributed by atoms with Crippen molar-refractivity contribution in [3.8, 4) is 11.8 Å². The van der Waals surface area contributed by atoms with Gasteiger partial charge in [0.15, 0.2) is 0 Å². The number of nitriles is 1. The van der Waals surface area contributed by atoms with Crippen LogP contribution in [0.25, 0.3) is 0 Å². The minimum atomic E-state index is -0.802. The van der Waals surface area contributed by atoms with Crippen LogP contribution in [0.3, 0.4) is 0 Å². The lowest BCUT2D eigenvalue weighted by atomic mass is 9.94. The molecule has 0 aliphatic heterocycles. The molecule has 0 fully saturated rings. The molecule has 4 heteroatoms. The van der Waals surface area contributed by atoms with E-state index in [0.717, 1.165) is 12.8 Å². The van der Waals surface area contributed by atoms with Crippen LogP contribution >= 0.6 is 0 Å². The summed E-state index contributed by atoms with van der Waals surface area (Å²) in [7, 11) is 0. The largest absolute Gasteiger partial charge is 0.491 e. The van der Waals surface area contributed by atoms with Crippen molar-refractivity contribution in [2.75, 3.05) is 6.61 Å². The van der Waals surface area contributed by atoms with Crippen molar-refractivity contribution in [3.05, 3.63) is 29.8 Å². The van der Waals surface area contributed by atoms with Crippen LogP contribution in [0.1, 0.15) is 57.6 Å². The highest BCUT2D eigenvalue weighted by Gasteiger charge is 2.25. The van der Waals surface area contributed by atoms with Gasteiger partial charge in [0.05, 0.1) is 24.2 Å². The van der Waals surface area contributed by atoms with E-state index in [1.165, 1.54) is 0 Å². The zero-order valence-electron chi connectivity index (χ0n) is 12.9. The normalized spacial score (nSPS) is 12.7. The van der Waals surface area contributed by atoms with E-state index in [-0.39, 0.29) is 13.0 Å². The van der Waals surface area contributed by atoms with Gasteiger partial charge in [-0.05, 0) is 30.5 Å². The number of hydrogen-bond acceptors (Lipinski definition) is 4. The fraction of sp³-hybridized carbons (Fsp3) is 0.588. The fourth-order valence-electron chi connectivity index (χ4n) is 2.43. The Balaban J connectivity index is 2.70. The SMILES string of the molecule is CCCC(O)(CCC)COc1cccc(C(O)CC#N)c1. The molecule has 0 amide bonds. The second kappa shape index (κ2) is 8.66. The van der Waals surface area contributed by atoms with Crippen LogP contribution in [0.5, 0.6) is 5.75 Å². The van der Waals surface area contributed by atoms with Crippen molar-refractivity contribution < 1.29 is 14.9 Å². The third-order valence-electron chi connectivity index (χ3n) is 3.47. The van der Waals surface area contributed by atoms with Gasteiger partial charge in [-0.15, -0.1) is 0 Å². The smallest absolute Gasteiger partial charge is 0.119 e. The van der Waals surface area contributed by atoms with Crippen LogP contribution in [-0.2, 0) is 0 Å². The average Bonchev–Trinajstić information content (AvgIpc) is 2.46. The lowest BCUT2D eigenvalue weighted by molar-refractivity contribution is -0.0202. The Morgan fingerprint density at radius 2 is 1.95 bits per heavy atom. The van der Waals surface area contributed by atoms with E-state index in [1.54, 1.807) is 24.3 Å². The van der Waals surface area contributed by atoms with Gasteiger partial charge in [0.2, 0.25) is 0 Å². The molecule has 1 atom stereocenters. The second-order valence-electron chi connectivity index (χ2n) is 5.46. The number of ether oxygens (including phenoxy) is 1. The van der Waals surface area contributed by atoms with E-state index in [0.29, 0.717) is 24.2 Å². The maximum absolute atomic E-state index is 10.5. The van der Waals surface area contributed by atoms with E-state index >= 15 is 0 Å². The van der Waals surface area contributed by atoms with Crippen molar-refractivity contribution in [2.45, 2.75) is 57.7 Å². The molecule has 0 saturated carbocycles. The predicted molar refractivity (Wildman–Crippen MR) is 81.9 cm³/mol.